The Bertz CT molecular complexity index is 349. The minimum absolute atomic E-state index is 0.519. The van der Waals surface area contributed by atoms with E-state index in [-0.39, 0.29) is 0 Å². The van der Waals surface area contributed by atoms with E-state index < -0.39 is 10.9 Å². The number of thiol groups is 1. The fourth-order valence-electron chi connectivity index (χ4n) is 1.23. The van der Waals surface area contributed by atoms with E-state index in [4.69, 9.17) is 0 Å². The maximum atomic E-state index is 10.4. The van der Waals surface area contributed by atoms with Crippen molar-refractivity contribution in [2.24, 2.45) is 0 Å². The highest BCUT2D eigenvalue weighted by molar-refractivity contribution is 7.73. The van der Waals surface area contributed by atoms with Crippen LogP contribution in [0.25, 0.3) is 0 Å². The van der Waals surface area contributed by atoms with Gasteiger partial charge in [0.15, 0.2) is 0 Å². The van der Waals surface area contributed by atoms with Gasteiger partial charge in [0.1, 0.15) is 0 Å². The van der Waals surface area contributed by atoms with Crippen molar-refractivity contribution in [1.82, 2.24) is 0 Å². The second kappa shape index (κ2) is 5.00. The lowest BCUT2D eigenvalue weighted by atomic mass is 9.99. The fourth-order valence-corrected chi connectivity index (χ4v) is 1.59. The Balaban J connectivity index is 2.78. The molecule has 0 aliphatic heterocycles. The van der Waals surface area contributed by atoms with Gasteiger partial charge in [-0.15, -0.1) is 0 Å². The summed E-state index contributed by atoms with van der Waals surface area (Å²) in [6.45, 7) is 4.28. The van der Waals surface area contributed by atoms with Crippen molar-refractivity contribution in [3.8, 4) is 0 Å². The van der Waals surface area contributed by atoms with Gasteiger partial charge in [-0.25, -0.2) is 8.42 Å². The van der Waals surface area contributed by atoms with Gasteiger partial charge < -0.3 is 0 Å². The molecule has 1 aromatic rings. The maximum Gasteiger partial charge on any atom is 0.222 e. The van der Waals surface area contributed by atoms with Crippen LogP contribution in [0.4, 0.5) is 5.69 Å². The lowest BCUT2D eigenvalue weighted by molar-refractivity contribution is 0.619. The number of benzene rings is 1. The summed E-state index contributed by atoms with van der Waals surface area (Å²) in [7, 11) is -2.56. The van der Waals surface area contributed by atoms with Gasteiger partial charge in [0, 0.05) is 5.69 Å². The molecule has 3 nitrogen and oxygen atoms in total. The van der Waals surface area contributed by atoms with Gasteiger partial charge >= 0.3 is 0 Å². The van der Waals surface area contributed by atoms with Gasteiger partial charge in [-0.1, -0.05) is 26.0 Å². The summed E-state index contributed by atoms with van der Waals surface area (Å²) in [6.07, 6.45) is 1.09. The SMILES string of the molecule is CCC(C)c1ccc(N[SH](=O)=O)cc1. The van der Waals surface area contributed by atoms with Crippen LogP contribution in [-0.2, 0) is 10.9 Å². The Morgan fingerprint density at radius 3 is 2.29 bits per heavy atom. The predicted molar refractivity (Wildman–Crippen MR) is 59.1 cm³/mol. The summed E-state index contributed by atoms with van der Waals surface area (Å²) < 4.78 is 23.1. The van der Waals surface area contributed by atoms with Crippen LogP contribution >= 0.6 is 0 Å². The van der Waals surface area contributed by atoms with Gasteiger partial charge in [-0.3, -0.25) is 4.72 Å². The lowest BCUT2D eigenvalue weighted by Gasteiger charge is -2.08. The fraction of sp³-hybridized carbons (Fsp3) is 0.400. The molecule has 14 heavy (non-hydrogen) atoms. The van der Waals surface area contributed by atoms with Crippen LogP contribution < -0.4 is 4.72 Å². The summed E-state index contributed by atoms with van der Waals surface area (Å²) in [6, 6.07) is 7.48. The second-order valence-corrected chi connectivity index (χ2v) is 4.04. The molecule has 0 aliphatic rings. The molecular formula is C10H15NO2S. The van der Waals surface area contributed by atoms with Gasteiger partial charge in [0.25, 0.3) is 0 Å². The van der Waals surface area contributed by atoms with Gasteiger partial charge in [0.2, 0.25) is 10.9 Å². The quantitative estimate of drug-likeness (QED) is 0.753. The first-order valence-electron chi connectivity index (χ1n) is 4.64. The molecule has 0 saturated heterocycles. The zero-order valence-corrected chi connectivity index (χ0v) is 9.25. The molecule has 78 valence electrons. The summed E-state index contributed by atoms with van der Waals surface area (Å²) in [5.74, 6) is 0.519. The Hall–Kier alpha value is -1.03. The van der Waals surface area contributed by atoms with Crippen LogP contribution in [0.2, 0.25) is 0 Å². The molecule has 0 radical (unpaired) electrons. The van der Waals surface area contributed by atoms with E-state index >= 15 is 0 Å². The third-order valence-corrected chi connectivity index (χ3v) is 2.75. The van der Waals surface area contributed by atoms with Crippen LogP contribution in [-0.4, -0.2) is 8.42 Å². The van der Waals surface area contributed by atoms with E-state index in [2.05, 4.69) is 18.6 Å². The van der Waals surface area contributed by atoms with Crippen molar-refractivity contribution in [1.29, 1.82) is 0 Å². The molecule has 0 saturated carbocycles. The number of hydrogen-bond acceptors (Lipinski definition) is 2. The molecule has 0 fully saturated rings. The summed E-state index contributed by atoms with van der Waals surface area (Å²) >= 11 is 0. The minimum Gasteiger partial charge on any atom is -0.286 e. The van der Waals surface area contributed by atoms with Gasteiger partial charge in [-0.2, -0.15) is 0 Å². The van der Waals surface area contributed by atoms with Gasteiger partial charge in [0.05, 0.1) is 0 Å². The molecule has 0 amide bonds. The molecule has 1 atom stereocenters. The summed E-state index contributed by atoms with van der Waals surface area (Å²) in [4.78, 5) is 0. The molecule has 1 unspecified atom stereocenters. The molecule has 0 heterocycles. The Morgan fingerprint density at radius 1 is 1.29 bits per heavy atom. The third kappa shape index (κ3) is 3.03. The average Bonchev–Trinajstić information content (AvgIpc) is 2.17. The smallest absolute Gasteiger partial charge is 0.222 e. The number of hydrogen-bond donors (Lipinski definition) is 2. The molecule has 4 heteroatoms. The molecule has 0 aliphatic carbocycles. The monoisotopic (exact) mass is 213 g/mol. The number of nitrogens with one attached hydrogen (secondary N) is 1. The zero-order chi connectivity index (χ0) is 10.6. The first kappa shape index (κ1) is 11.0. The van der Waals surface area contributed by atoms with Crippen LogP contribution in [0, 0.1) is 0 Å². The minimum atomic E-state index is -2.56. The Kier molecular flexibility index (Phi) is 3.95. The topological polar surface area (TPSA) is 46.2 Å². The standard InChI is InChI=1S/C10H15NO2S/c1-3-8(2)9-4-6-10(7-5-9)11-14(12)13/h4-8,14H,3H2,1-2H3,(H,11,12,13). The van der Waals surface area contributed by atoms with Crippen LogP contribution in [0.3, 0.4) is 0 Å². The van der Waals surface area contributed by atoms with E-state index in [1.807, 2.05) is 12.1 Å². The second-order valence-electron chi connectivity index (χ2n) is 3.30. The molecular weight excluding hydrogens is 198 g/mol. The normalized spacial score (nSPS) is 12.8. The van der Waals surface area contributed by atoms with Crippen molar-refractivity contribution >= 4 is 16.6 Å². The van der Waals surface area contributed by atoms with Crippen LogP contribution in [0.5, 0.6) is 0 Å². The molecule has 1 rings (SSSR count). The van der Waals surface area contributed by atoms with Crippen molar-refractivity contribution in [2.45, 2.75) is 26.2 Å². The number of anilines is 1. The average molecular weight is 213 g/mol. The molecule has 0 aromatic heterocycles. The Labute approximate surface area is 86.2 Å². The number of rotatable bonds is 4. The molecule has 0 bridgehead atoms. The zero-order valence-electron chi connectivity index (χ0n) is 8.36. The molecule has 1 N–H and O–H groups in total. The van der Waals surface area contributed by atoms with Crippen molar-refractivity contribution in [2.75, 3.05) is 4.72 Å². The van der Waals surface area contributed by atoms with Crippen LogP contribution in [0.15, 0.2) is 24.3 Å². The summed E-state index contributed by atoms with van der Waals surface area (Å²) in [5, 5.41) is 0. The van der Waals surface area contributed by atoms with E-state index in [1.165, 1.54) is 5.56 Å². The molecule has 1 aromatic carbocycles. The van der Waals surface area contributed by atoms with E-state index in [1.54, 1.807) is 12.1 Å². The maximum absolute atomic E-state index is 10.4. The molecule has 0 spiro atoms. The largest absolute Gasteiger partial charge is 0.286 e. The van der Waals surface area contributed by atoms with Crippen LogP contribution in [0.1, 0.15) is 31.7 Å². The van der Waals surface area contributed by atoms with Gasteiger partial charge in [-0.05, 0) is 30.0 Å². The highest BCUT2D eigenvalue weighted by Crippen LogP contribution is 2.20. The third-order valence-electron chi connectivity index (χ3n) is 2.31. The van der Waals surface area contributed by atoms with E-state index in [0.717, 1.165) is 6.42 Å². The predicted octanol–water partition coefficient (Wildman–Crippen LogP) is 2.14. The van der Waals surface area contributed by atoms with E-state index in [9.17, 15) is 8.42 Å². The lowest BCUT2D eigenvalue weighted by Crippen LogP contribution is -1.96. The van der Waals surface area contributed by atoms with Crippen molar-refractivity contribution in [3.63, 3.8) is 0 Å². The first-order chi connectivity index (χ1) is 6.63. The summed E-state index contributed by atoms with van der Waals surface area (Å²) in [5.41, 5.74) is 1.85. The highest BCUT2D eigenvalue weighted by atomic mass is 32.2. The Morgan fingerprint density at radius 2 is 1.86 bits per heavy atom. The first-order valence-corrected chi connectivity index (χ1v) is 5.82. The van der Waals surface area contributed by atoms with E-state index in [0.29, 0.717) is 11.6 Å². The van der Waals surface area contributed by atoms with Crippen molar-refractivity contribution < 1.29 is 8.42 Å². The highest BCUT2D eigenvalue weighted by Gasteiger charge is 2.01. The van der Waals surface area contributed by atoms with Crippen molar-refractivity contribution in [3.05, 3.63) is 29.8 Å².